The molecule has 0 radical (unpaired) electrons. The molecule has 1 heterocycles. The number of halogens is 1. The van der Waals surface area contributed by atoms with Crippen molar-refractivity contribution in [3.05, 3.63) is 29.6 Å². The van der Waals surface area contributed by atoms with Gasteiger partial charge in [-0.15, -0.1) is 0 Å². The zero-order chi connectivity index (χ0) is 14.7. The summed E-state index contributed by atoms with van der Waals surface area (Å²) in [5.74, 6) is -0.797. The number of aromatic hydroxyl groups is 1. The summed E-state index contributed by atoms with van der Waals surface area (Å²) >= 11 is 0. The van der Waals surface area contributed by atoms with Crippen LogP contribution in [-0.4, -0.2) is 41.6 Å². The molecule has 0 aliphatic carbocycles. The monoisotopic (exact) mass is 280 g/mol. The quantitative estimate of drug-likeness (QED) is 0.887. The average molecular weight is 280 g/mol. The molecule has 2 rings (SSSR count). The van der Waals surface area contributed by atoms with Crippen LogP contribution in [0.1, 0.15) is 30.6 Å². The van der Waals surface area contributed by atoms with Gasteiger partial charge in [-0.05, 0) is 44.9 Å². The minimum atomic E-state index is -0.553. The lowest BCUT2D eigenvalue weighted by Crippen LogP contribution is -2.33. The molecule has 1 aliphatic heterocycles. The number of likely N-dealkylation sites (tertiary alicyclic amines) is 1. The van der Waals surface area contributed by atoms with Crippen molar-refractivity contribution in [3.8, 4) is 5.75 Å². The maximum atomic E-state index is 12.9. The molecule has 0 spiro atoms. The SMILES string of the molecule is CC(C)N1CCC(CNC(=O)c2ccc(F)cc2O)C1. The van der Waals surface area contributed by atoms with Crippen LogP contribution >= 0.6 is 0 Å². The number of hydrogen-bond donors (Lipinski definition) is 2. The van der Waals surface area contributed by atoms with Gasteiger partial charge in [0, 0.05) is 25.2 Å². The van der Waals surface area contributed by atoms with Crippen molar-refractivity contribution in [2.75, 3.05) is 19.6 Å². The van der Waals surface area contributed by atoms with Gasteiger partial charge in [0.25, 0.3) is 5.91 Å². The van der Waals surface area contributed by atoms with Gasteiger partial charge in [-0.3, -0.25) is 4.79 Å². The van der Waals surface area contributed by atoms with Gasteiger partial charge in [-0.1, -0.05) is 0 Å². The molecular formula is C15H21FN2O2. The highest BCUT2D eigenvalue weighted by Crippen LogP contribution is 2.20. The highest BCUT2D eigenvalue weighted by molar-refractivity contribution is 5.96. The largest absolute Gasteiger partial charge is 0.507 e. The van der Waals surface area contributed by atoms with Crippen LogP contribution in [0.3, 0.4) is 0 Å². The Bertz CT molecular complexity index is 491. The Morgan fingerprint density at radius 1 is 1.55 bits per heavy atom. The van der Waals surface area contributed by atoms with Crippen LogP contribution in [-0.2, 0) is 0 Å². The normalized spacial score (nSPS) is 19.5. The lowest BCUT2D eigenvalue weighted by molar-refractivity contribution is 0.0944. The summed E-state index contributed by atoms with van der Waals surface area (Å²) in [6, 6.07) is 3.95. The third-order valence-electron chi connectivity index (χ3n) is 3.80. The third-order valence-corrected chi connectivity index (χ3v) is 3.80. The van der Waals surface area contributed by atoms with E-state index in [9.17, 15) is 14.3 Å². The number of rotatable bonds is 4. The van der Waals surface area contributed by atoms with Crippen molar-refractivity contribution in [2.24, 2.45) is 5.92 Å². The van der Waals surface area contributed by atoms with Crippen molar-refractivity contribution >= 4 is 5.91 Å². The minimum Gasteiger partial charge on any atom is -0.507 e. The first-order valence-electron chi connectivity index (χ1n) is 6.98. The lowest BCUT2D eigenvalue weighted by Gasteiger charge is -2.20. The zero-order valence-corrected chi connectivity index (χ0v) is 11.9. The number of benzene rings is 1. The smallest absolute Gasteiger partial charge is 0.255 e. The first-order chi connectivity index (χ1) is 9.47. The molecule has 110 valence electrons. The van der Waals surface area contributed by atoms with E-state index in [-0.39, 0.29) is 17.2 Å². The topological polar surface area (TPSA) is 52.6 Å². The fourth-order valence-electron chi connectivity index (χ4n) is 2.53. The lowest BCUT2D eigenvalue weighted by atomic mass is 10.1. The molecule has 1 aromatic rings. The average Bonchev–Trinajstić information content (AvgIpc) is 2.85. The molecular weight excluding hydrogens is 259 g/mol. The maximum Gasteiger partial charge on any atom is 0.255 e. The Kier molecular flexibility index (Phi) is 4.60. The Labute approximate surface area is 118 Å². The fourth-order valence-corrected chi connectivity index (χ4v) is 2.53. The summed E-state index contributed by atoms with van der Waals surface area (Å²) in [5.41, 5.74) is 0.116. The van der Waals surface area contributed by atoms with Crippen LogP contribution in [0.4, 0.5) is 4.39 Å². The second-order valence-electron chi connectivity index (χ2n) is 5.61. The van der Waals surface area contributed by atoms with Crippen LogP contribution in [0, 0.1) is 11.7 Å². The highest BCUT2D eigenvalue weighted by atomic mass is 19.1. The van der Waals surface area contributed by atoms with E-state index in [1.165, 1.54) is 12.1 Å². The molecule has 4 nitrogen and oxygen atoms in total. The maximum absolute atomic E-state index is 12.9. The first kappa shape index (κ1) is 14.8. The van der Waals surface area contributed by atoms with Crippen LogP contribution in [0.5, 0.6) is 5.75 Å². The Balaban J connectivity index is 1.87. The molecule has 0 aromatic heterocycles. The Morgan fingerprint density at radius 3 is 2.90 bits per heavy atom. The first-order valence-corrected chi connectivity index (χ1v) is 6.98. The molecule has 1 aromatic carbocycles. The molecule has 0 saturated carbocycles. The number of carbonyl (C=O) groups excluding carboxylic acids is 1. The van der Waals surface area contributed by atoms with Gasteiger partial charge in [-0.25, -0.2) is 4.39 Å². The van der Waals surface area contributed by atoms with E-state index < -0.39 is 5.82 Å². The van der Waals surface area contributed by atoms with Crippen molar-refractivity contribution in [3.63, 3.8) is 0 Å². The summed E-state index contributed by atoms with van der Waals surface area (Å²) in [5, 5.41) is 12.4. The van der Waals surface area contributed by atoms with Gasteiger partial charge in [0.15, 0.2) is 0 Å². The summed E-state index contributed by atoms with van der Waals surface area (Å²) in [6.45, 7) is 6.95. The standard InChI is InChI=1S/C15H21FN2O2/c1-10(2)18-6-5-11(9-18)8-17-15(20)13-4-3-12(16)7-14(13)19/h3-4,7,10-11,19H,5-6,8-9H2,1-2H3,(H,17,20). The molecule has 5 heteroatoms. The second kappa shape index (κ2) is 6.22. The molecule has 1 fully saturated rings. The van der Waals surface area contributed by atoms with Gasteiger partial charge in [0.05, 0.1) is 5.56 Å². The summed E-state index contributed by atoms with van der Waals surface area (Å²) in [6.07, 6.45) is 1.06. The summed E-state index contributed by atoms with van der Waals surface area (Å²) in [4.78, 5) is 14.3. The number of phenolic OH excluding ortho intramolecular Hbond substituents is 1. The summed E-state index contributed by atoms with van der Waals surface area (Å²) in [7, 11) is 0. The molecule has 0 bridgehead atoms. The van der Waals surface area contributed by atoms with Crippen molar-refractivity contribution in [2.45, 2.75) is 26.3 Å². The van der Waals surface area contributed by atoms with Crippen molar-refractivity contribution < 1.29 is 14.3 Å². The number of nitrogens with one attached hydrogen (secondary N) is 1. The van der Waals surface area contributed by atoms with Crippen molar-refractivity contribution in [1.29, 1.82) is 0 Å². The highest BCUT2D eigenvalue weighted by Gasteiger charge is 2.24. The zero-order valence-electron chi connectivity index (χ0n) is 11.9. The van der Waals surface area contributed by atoms with Gasteiger partial charge >= 0.3 is 0 Å². The second-order valence-corrected chi connectivity index (χ2v) is 5.61. The molecule has 1 unspecified atom stereocenters. The van der Waals surface area contributed by atoms with E-state index in [0.29, 0.717) is 18.5 Å². The van der Waals surface area contributed by atoms with Crippen LogP contribution in [0.2, 0.25) is 0 Å². The molecule has 1 saturated heterocycles. The summed E-state index contributed by atoms with van der Waals surface area (Å²) < 4.78 is 12.9. The molecule has 20 heavy (non-hydrogen) atoms. The molecule has 2 N–H and O–H groups in total. The van der Waals surface area contributed by atoms with E-state index in [1.807, 2.05) is 0 Å². The Morgan fingerprint density at radius 2 is 2.30 bits per heavy atom. The van der Waals surface area contributed by atoms with E-state index in [2.05, 4.69) is 24.1 Å². The van der Waals surface area contributed by atoms with Crippen molar-refractivity contribution in [1.82, 2.24) is 10.2 Å². The van der Waals surface area contributed by atoms with Crippen LogP contribution < -0.4 is 5.32 Å². The van der Waals surface area contributed by atoms with E-state index in [0.717, 1.165) is 25.6 Å². The predicted molar refractivity (Wildman–Crippen MR) is 75.2 cm³/mol. The number of nitrogens with zero attached hydrogens (tertiary/aromatic N) is 1. The fraction of sp³-hybridized carbons (Fsp3) is 0.533. The molecule has 1 amide bonds. The number of amides is 1. The Hall–Kier alpha value is -1.62. The third kappa shape index (κ3) is 3.48. The van der Waals surface area contributed by atoms with Gasteiger partial charge in [-0.2, -0.15) is 0 Å². The van der Waals surface area contributed by atoms with Crippen LogP contribution in [0.25, 0.3) is 0 Å². The number of hydrogen-bond acceptors (Lipinski definition) is 3. The minimum absolute atomic E-state index is 0.116. The number of carbonyl (C=O) groups is 1. The van der Waals surface area contributed by atoms with Gasteiger partial charge in [0.1, 0.15) is 11.6 Å². The molecule has 1 atom stereocenters. The van der Waals surface area contributed by atoms with E-state index >= 15 is 0 Å². The van der Waals surface area contributed by atoms with Gasteiger partial charge in [0.2, 0.25) is 0 Å². The van der Waals surface area contributed by atoms with Crippen LogP contribution in [0.15, 0.2) is 18.2 Å². The van der Waals surface area contributed by atoms with E-state index in [1.54, 1.807) is 0 Å². The molecule has 1 aliphatic rings. The van der Waals surface area contributed by atoms with E-state index in [4.69, 9.17) is 0 Å². The van der Waals surface area contributed by atoms with Gasteiger partial charge < -0.3 is 15.3 Å². The predicted octanol–water partition coefficient (Wildman–Crippen LogP) is 1.99. The number of phenols is 1.